The Balaban J connectivity index is 2.15. The Morgan fingerprint density at radius 3 is 3.23 bits per heavy atom. The Morgan fingerprint density at radius 2 is 2.62 bits per heavy atom. The quantitative estimate of drug-likeness (QED) is 0.581. The van der Waals surface area contributed by atoms with Gasteiger partial charge in [-0.3, -0.25) is 0 Å². The van der Waals surface area contributed by atoms with Crippen molar-refractivity contribution < 1.29 is 0 Å². The van der Waals surface area contributed by atoms with Crippen molar-refractivity contribution in [1.82, 2.24) is 10.3 Å². The fourth-order valence-electron chi connectivity index (χ4n) is 0.798. The highest BCUT2D eigenvalue weighted by Gasteiger charge is 1.98. The molecule has 1 heterocycles. The van der Waals surface area contributed by atoms with Gasteiger partial charge in [0.2, 0.25) is 0 Å². The summed E-state index contributed by atoms with van der Waals surface area (Å²) >= 11 is 3.43. The highest BCUT2D eigenvalue weighted by molar-refractivity contribution is 8.01. The zero-order chi connectivity index (χ0) is 9.52. The van der Waals surface area contributed by atoms with Crippen LogP contribution in [0.4, 0.5) is 0 Å². The highest BCUT2D eigenvalue weighted by atomic mass is 32.2. The average Bonchev–Trinajstić information content (AvgIpc) is 2.64. The van der Waals surface area contributed by atoms with Crippen LogP contribution in [0.5, 0.6) is 0 Å². The molecule has 0 saturated heterocycles. The Kier molecular flexibility index (Phi) is 5.12. The van der Waals surface area contributed by atoms with E-state index >= 15 is 0 Å². The Hall–Kier alpha value is -0.320. The van der Waals surface area contributed by atoms with E-state index in [2.05, 4.69) is 23.8 Å². The average molecular weight is 214 g/mol. The highest BCUT2D eigenvalue weighted by Crippen LogP contribution is 2.21. The molecule has 0 aliphatic heterocycles. The molecule has 1 aromatic heterocycles. The van der Waals surface area contributed by atoms with Gasteiger partial charge in [0.15, 0.2) is 0 Å². The van der Waals surface area contributed by atoms with Gasteiger partial charge in [-0.05, 0) is 6.54 Å². The lowest BCUT2D eigenvalue weighted by Gasteiger charge is -2.03. The van der Waals surface area contributed by atoms with Crippen molar-refractivity contribution in [2.24, 2.45) is 0 Å². The standard InChI is InChI=1S/C9H14N2S2/c1-3-10-6-8(2)7-13-9-11-4-5-12-9/h4-5,10H,2-3,6-7H2,1H3. The van der Waals surface area contributed by atoms with Gasteiger partial charge in [0.25, 0.3) is 0 Å². The van der Waals surface area contributed by atoms with E-state index in [0.717, 1.165) is 23.2 Å². The third kappa shape index (κ3) is 4.45. The second-order valence-electron chi connectivity index (χ2n) is 2.62. The van der Waals surface area contributed by atoms with Crippen LogP contribution in [0.1, 0.15) is 6.92 Å². The number of hydrogen-bond donors (Lipinski definition) is 1. The maximum atomic E-state index is 4.19. The molecule has 0 aliphatic carbocycles. The van der Waals surface area contributed by atoms with Crippen LogP contribution in [0.15, 0.2) is 28.1 Å². The van der Waals surface area contributed by atoms with Crippen LogP contribution in [-0.2, 0) is 0 Å². The third-order valence-corrected chi connectivity index (χ3v) is 3.55. The Bertz CT molecular complexity index is 244. The van der Waals surface area contributed by atoms with E-state index in [0.29, 0.717) is 0 Å². The summed E-state index contributed by atoms with van der Waals surface area (Å²) in [5, 5.41) is 5.24. The predicted molar refractivity (Wildman–Crippen MR) is 60.5 cm³/mol. The summed E-state index contributed by atoms with van der Waals surface area (Å²) in [6, 6.07) is 0. The maximum Gasteiger partial charge on any atom is 0.150 e. The number of nitrogens with zero attached hydrogens (tertiary/aromatic N) is 1. The van der Waals surface area contributed by atoms with E-state index in [4.69, 9.17) is 0 Å². The van der Waals surface area contributed by atoms with Crippen LogP contribution in [0.25, 0.3) is 0 Å². The van der Waals surface area contributed by atoms with Crippen molar-refractivity contribution in [1.29, 1.82) is 0 Å². The minimum Gasteiger partial charge on any atom is -0.313 e. The molecule has 0 spiro atoms. The first kappa shape index (κ1) is 10.8. The molecule has 0 radical (unpaired) electrons. The molecular formula is C9H14N2S2. The molecule has 0 bridgehead atoms. The fraction of sp³-hybridized carbons (Fsp3) is 0.444. The molecule has 0 aliphatic rings. The van der Waals surface area contributed by atoms with E-state index in [-0.39, 0.29) is 0 Å². The van der Waals surface area contributed by atoms with E-state index in [1.54, 1.807) is 23.1 Å². The second-order valence-corrected chi connectivity index (χ2v) is 4.73. The van der Waals surface area contributed by atoms with Crippen molar-refractivity contribution in [3.63, 3.8) is 0 Å². The summed E-state index contributed by atoms with van der Waals surface area (Å²) in [5.41, 5.74) is 1.22. The van der Waals surface area contributed by atoms with E-state index in [1.165, 1.54) is 5.57 Å². The van der Waals surface area contributed by atoms with Crippen molar-refractivity contribution in [3.05, 3.63) is 23.7 Å². The van der Waals surface area contributed by atoms with E-state index in [1.807, 2.05) is 11.6 Å². The topological polar surface area (TPSA) is 24.9 Å². The molecule has 1 rings (SSSR count). The minimum atomic E-state index is 0.912. The van der Waals surface area contributed by atoms with Gasteiger partial charge >= 0.3 is 0 Å². The third-order valence-electron chi connectivity index (χ3n) is 1.43. The minimum absolute atomic E-state index is 0.912. The molecule has 72 valence electrons. The zero-order valence-electron chi connectivity index (χ0n) is 7.75. The summed E-state index contributed by atoms with van der Waals surface area (Å²) in [6.07, 6.45) is 1.83. The van der Waals surface area contributed by atoms with Crippen LogP contribution < -0.4 is 5.32 Å². The summed E-state index contributed by atoms with van der Waals surface area (Å²) in [6.45, 7) is 8.00. The van der Waals surface area contributed by atoms with E-state index in [9.17, 15) is 0 Å². The maximum absolute atomic E-state index is 4.19. The first-order chi connectivity index (χ1) is 6.33. The number of nitrogens with one attached hydrogen (secondary N) is 1. The van der Waals surface area contributed by atoms with Crippen LogP contribution in [-0.4, -0.2) is 23.8 Å². The number of thioether (sulfide) groups is 1. The molecule has 0 saturated carbocycles. The molecule has 0 fully saturated rings. The van der Waals surface area contributed by atoms with Gasteiger partial charge in [0, 0.05) is 23.9 Å². The van der Waals surface area contributed by atoms with Gasteiger partial charge < -0.3 is 5.32 Å². The number of thiazole rings is 1. The van der Waals surface area contributed by atoms with Crippen LogP contribution in [0, 0.1) is 0 Å². The summed E-state index contributed by atoms with van der Waals surface area (Å²) in [7, 11) is 0. The van der Waals surface area contributed by atoms with E-state index < -0.39 is 0 Å². The van der Waals surface area contributed by atoms with Crippen LogP contribution >= 0.6 is 23.1 Å². The monoisotopic (exact) mass is 214 g/mol. The molecule has 0 atom stereocenters. The van der Waals surface area contributed by atoms with Crippen molar-refractivity contribution in [2.75, 3.05) is 18.8 Å². The molecule has 1 aromatic rings. The molecule has 13 heavy (non-hydrogen) atoms. The molecule has 0 amide bonds. The van der Waals surface area contributed by atoms with Crippen LogP contribution in [0.3, 0.4) is 0 Å². The fourth-order valence-corrected chi connectivity index (χ4v) is 2.34. The van der Waals surface area contributed by atoms with Crippen LogP contribution in [0.2, 0.25) is 0 Å². The lowest BCUT2D eigenvalue weighted by molar-refractivity contribution is 0.779. The lowest BCUT2D eigenvalue weighted by atomic mass is 10.3. The van der Waals surface area contributed by atoms with Crippen molar-refractivity contribution in [2.45, 2.75) is 11.3 Å². The molecule has 1 N–H and O–H groups in total. The number of likely N-dealkylation sites (N-methyl/N-ethyl adjacent to an activating group) is 1. The number of hydrogen-bond acceptors (Lipinski definition) is 4. The Morgan fingerprint density at radius 1 is 1.77 bits per heavy atom. The van der Waals surface area contributed by atoms with Gasteiger partial charge in [-0.2, -0.15) is 0 Å². The summed E-state index contributed by atoms with van der Waals surface area (Å²) < 4.78 is 1.12. The van der Waals surface area contributed by atoms with Gasteiger partial charge in [0.05, 0.1) is 0 Å². The second kappa shape index (κ2) is 6.18. The molecule has 4 heteroatoms. The van der Waals surface area contributed by atoms with Gasteiger partial charge in [-0.25, -0.2) is 4.98 Å². The number of rotatable bonds is 6. The lowest BCUT2D eigenvalue weighted by Crippen LogP contribution is -2.16. The Labute approximate surface area is 87.5 Å². The first-order valence-electron chi connectivity index (χ1n) is 4.22. The predicted octanol–water partition coefficient (Wildman–Crippen LogP) is 2.40. The molecule has 0 aromatic carbocycles. The largest absolute Gasteiger partial charge is 0.313 e. The first-order valence-corrected chi connectivity index (χ1v) is 6.09. The zero-order valence-corrected chi connectivity index (χ0v) is 9.38. The molecule has 2 nitrogen and oxygen atoms in total. The summed E-state index contributed by atoms with van der Waals surface area (Å²) in [4.78, 5) is 4.19. The number of aromatic nitrogens is 1. The van der Waals surface area contributed by atoms with Crippen molar-refractivity contribution >= 4 is 23.1 Å². The molecular weight excluding hydrogens is 200 g/mol. The van der Waals surface area contributed by atoms with Crippen molar-refractivity contribution in [3.8, 4) is 0 Å². The van der Waals surface area contributed by atoms with Gasteiger partial charge in [-0.1, -0.05) is 30.8 Å². The van der Waals surface area contributed by atoms with Gasteiger partial charge in [0.1, 0.15) is 4.34 Å². The molecule has 0 unspecified atom stereocenters. The summed E-state index contributed by atoms with van der Waals surface area (Å²) in [5.74, 6) is 0.959. The normalized spacial score (nSPS) is 10.2. The smallest absolute Gasteiger partial charge is 0.150 e. The van der Waals surface area contributed by atoms with Gasteiger partial charge in [-0.15, -0.1) is 11.3 Å². The SMILES string of the molecule is C=C(CNCC)CSc1nccs1.